The van der Waals surface area contributed by atoms with Crippen molar-refractivity contribution in [3.05, 3.63) is 99.0 Å². The molecule has 1 amide bonds. The minimum absolute atomic E-state index is 0.0133. The van der Waals surface area contributed by atoms with Crippen molar-refractivity contribution in [2.75, 3.05) is 32.8 Å². The fourth-order valence-corrected chi connectivity index (χ4v) is 4.28. The number of carbonyl (C=O) groups excluding carboxylic acids is 1. The molecule has 0 aliphatic carbocycles. The van der Waals surface area contributed by atoms with Crippen LogP contribution in [0, 0.1) is 0 Å². The first-order chi connectivity index (χ1) is 15.5. The van der Waals surface area contributed by atoms with Crippen LogP contribution < -0.4 is 4.74 Å². The van der Waals surface area contributed by atoms with Crippen LogP contribution in [-0.4, -0.2) is 48.5 Å². The van der Waals surface area contributed by atoms with E-state index in [4.69, 9.17) is 39.5 Å². The van der Waals surface area contributed by atoms with Crippen molar-refractivity contribution in [3.8, 4) is 5.75 Å². The first-order valence-electron chi connectivity index (χ1n) is 10.4. The molecule has 1 saturated heterocycles. The van der Waals surface area contributed by atoms with Crippen LogP contribution in [0.2, 0.25) is 15.1 Å². The molecule has 1 aliphatic rings. The van der Waals surface area contributed by atoms with Crippen molar-refractivity contribution < 1.29 is 9.53 Å². The highest BCUT2D eigenvalue weighted by atomic mass is 35.5. The maximum absolute atomic E-state index is 12.7. The molecule has 0 saturated carbocycles. The molecule has 0 spiro atoms. The lowest BCUT2D eigenvalue weighted by molar-refractivity contribution is -0.135. The van der Waals surface area contributed by atoms with Gasteiger partial charge in [-0.15, -0.1) is 0 Å². The van der Waals surface area contributed by atoms with E-state index < -0.39 is 0 Å². The molecule has 1 fully saturated rings. The highest BCUT2D eigenvalue weighted by molar-refractivity contribution is 6.31. The van der Waals surface area contributed by atoms with Gasteiger partial charge in [-0.25, -0.2) is 0 Å². The zero-order chi connectivity index (χ0) is 22.5. The van der Waals surface area contributed by atoms with Crippen LogP contribution >= 0.6 is 34.8 Å². The van der Waals surface area contributed by atoms with Crippen LogP contribution in [0.3, 0.4) is 0 Å². The lowest BCUT2D eigenvalue weighted by Gasteiger charge is -2.39. The largest absolute Gasteiger partial charge is 0.484 e. The van der Waals surface area contributed by atoms with Gasteiger partial charge in [-0.3, -0.25) is 9.69 Å². The summed E-state index contributed by atoms with van der Waals surface area (Å²) in [5.41, 5.74) is 2.31. The van der Waals surface area contributed by atoms with E-state index in [1.54, 1.807) is 24.3 Å². The average Bonchev–Trinajstić information content (AvgIpc) is 2.81. The van der Waals surface area contributed by atoms with Crippen LogP contribution in [0.4, 0.5) is 0 Å². The Bertz CT molecular complexity index is 987. The van der Waals surface area contributed by atoms with Crippen molar-refractivity contribution in [1.82, 2.24) is 9.80 Å². The van der Waals surface area contributed by atoms with Crippen LogP contribution in [-0.2, 0) is 4.79 Å². The standard InChI is InChI=1S/C25H23Cl3N2O2/c26-20-5-1-18(2-6-20)25(19-3-7-21(27)8-4-19)30-15-13-29(14-16-30)24(31)17-32-23-11-9-22(28)10-12-23/h1-12,25H,13-17H2. The maximum Gasteiger partial charge on any atom is 0.260 e. The Morgan fingerprint density at radius 3 is 1.62 bits per heavy atom. The van der Waals surface area contributed by atoms with Gasteiger partial charge in [0.05, 0.1) is 6.04 Å². The Morgan fingerprint density at radius 2 is 1.16 bits per heavy atom. The van der Waals surface area contributed by atoms with Gasteiger partial charge in [0.2, 0.25) is 0 Å². The first kappa shape index (κ1) is 22.9. The third-order valence-corrected chi connectivity index (χ3v) is 6.34. The van der Waals surface area contributed by atoms with Crippen molar-refractivity contribution in [1.29, 1.82) is 0 Å². The average molecular weight is 490 g/mol. The van der Waals surface area contributed by atoms with E-state index in [-0.39, 0.29) is 18.6 Å². The van der Waals surface area contributed by atoms with Gasteiger partial charge >= 0.3 is 0 Å². The molecule has 0 atom stereocenters. The number of piperazine rings is 1. The third kappa shape index (κ3) is 5.76. The lowest BCUT2D eigenvalue weighted by atomic mass is 9.96. The minimum atomic E-state index is -0.0193. The predicted octanol–water partition coefficient (Wildman–Crippen LogP) is 5.96. The Kier molecular flexibility index (Phi) is 7.59. The van der Waals surface area contributed by atoms with E-state index in [1.165, 1.54) is 0 Å². The number of ether oxygens (including phenoxy) is 1. The maximum atomic E-state index is 12.7. The summed E-state index contributed by atoms with van der Waals surface area (Å²) < 4.78 is 5.62. The highest BCUT2D eigenvalue weighted by Gasteiger charge is 2.28. The second-order valence-corrected chi connectivity index (χ2v) is 8.97. The first-order valence-corrected chi connectivity index (χ1v) is 11.5. The number of carbonyl (C=O) groups is 1. The molecule has 166 valence electrons. The van der Waals surface area contributed by atoms with E-state index in [0.717, 1.165) is 24.2 Å². The SMILES string of the molecule is O=C(COc1ccc(Cl)cc1)N1CCN(C(c2ccc(Cl)cc2)c2ccc(Cl)cc2)CC1. The number of hydrogen-bond donors (Lipinski definition) is 0. The van der Waals surface area contributed by atoms with Crippen molar-refractivity contribution in [3.63, 3.8) is 0 Å². The van der Waals surface area contributed by atoms with Gasteiger partial charge in [0.1, 0.15) is 5.75 Å². The quantitative estimate of drug-likeness (QED) is 0.428. The summed E-state index contributed by atoms with van der Waals surface area (Å²) in [6.45, 7) is 2.80. The number of benzene rings is 3. The molecule has 0 unspecified atom stereocenters. The molecule has 4 nitrogen and oxygen atoms in total. The summed E-state index contributed by atoms with van der Waals surface area (Å²) in [6, 6.07) is 22.9. The molecule has 0 radical (unpaired) electrons. The molecule has 0 bridgehead atoms. The Labute approximate surface area is 203 Å². The second kappa shape index (κ2) is 10.6. The molecule has 32 heavy (non-hydrogen) atoms. The predicted molar refractivity (Wildman–Crippen MR) is 130 cm³/mol. The number of amides is 1. The Hall–Kier alpha value is -2.24. The fraction of sp³-hybridized carbons (Fsp3) is 0.240. The summed E-state index contributed by atoms with van der Waals surface area (Å²) in [4.78, 5) is 16.9. The van der Waals surface area contributed by atoms with E-state index in [0.29, 0.717) is 33.9 Å². The third-order valence-electron chi connectivity index (χ3n) is 5.58. The number of halogens is 3. The molecule has 0 N–H and O–H groups in total. The summed E-state index contributed by atoms with van der Waals surface area (Å²) >= 11 is 18.1. The van der Waals surface area contributed by atoms with Gasteiger partial charge < -0.3 is 9.64 Å². The fourth-order valence-electron chi connectivity index (χ4n) is 3.90. The summed E-state index contributed by atoms with van der Waals surface area (Å²) in [7, 11) is 0. The molecule has 7 heteroatoms. The van der Waals surface area contributed by atoms with Gasteiger partial charge in [0.25, 0.3) is 5.91 Å². The zero-order valence-electron chi connectivity index (χ0n) is 17.4. The zero-order valence-corrected chi connectivity index (χ0v) is 19.7. The summed E-state index contributed by atoms with van der Waals surface area (Å²) in [5, 5.41) is 2.05. The second-order valence-electron chi connectivity index (χ2n) is 7.66. The number of hydrogen-bond acceptors (Lipinski definition) is 3. The molecule has 3 aromatic carbocycles. The van der Waals surface area contributed by atoms with Crippen molar-refractivity contribution in [2.45, 2.75) is 6.04 Å². The normalized spacial score (nSPS) is 14.6. The van der Waals surface area contributed by atoms with E-state index in [1.807, 2.05) is 29.2 Å². The molecule has 3 aromatic rings. The molecular weight excluding hydrogens is 467 g/mol. The minimum Gasteiger partial charge on any atom is -0.484 e. The Morgan fingerprint density at radius 1 is 0.719 bits per heavy atom. The lowest BCUT2D eigenvalue weighted by Crippen LogP contribution is -2.51. The number of rotatable bonds is 6. The molecule has 1 aliphatic heterocycles. The van der Waals surface area contributed by atoms with Gasteiger partial charge in [-0.1, -0.05) is 59.1 Å². The van der Waals surface area contributed by atoms with Crippen LogP contribution in [0.5, 0.6) is 5.75 Å². The topological polar surface area (TPSA) is 32.8 Å². The van der Waals surface area contributed by atoms with E-state index in [9.17, 15) is 4.79 Å². The van der Waals surface area contributed by atoms with Gasteiger partial charge in [-0.2, -0.15) is 0 Å². The Balaban J connectivity index is 1.41. The molecule has 4 rings (SSSR count). The van der Waals surface area contributed by atoms with Gasteiger partial charge in [-0.05, 0) is 59.7 Å². The van der Waals surface area contributed by atoms with E-state index in [2.05, 4.69) is 29.2 Å². The van der Waals surface area contributed by atoms with E-state index >= 15 is 0 Å². The van der Waals surface area contributed by atoms with Crippen LogP contribution in [0.15, 0.2) is 72.8 Å². The van der Waals surface area contributed by atoms with Gasteiger partial charge in [0.15, 0.2) is 6.61 Å². The number of nitrogens with zero attached hydrogens (tertiary/aromatic N) is 2. The van der Waals surface area contributed by atoms with Crippen molar-refractivity contribution in [2.24, 2.45) is 0 Å². The van der Waals surface area contributed by atoms with Crippen LogP contribution in [0.25, 0.3) is 0 Å². The monoisotopic (exact) mass is 488 g/mol. The van der Waals surface area contributed by atoms with Gasteiger partial charge in [0, 0.05) is 41.2 Å². The van der Waals surface area contributed by atoms with Crippen LogP contribution in [0.1, 0.15) is 17.2 Å². The molecule has 1 heterocycles. The molecular formula is C25H23Cl3N2O2. The van der Waals surface area contributed by atoms with Crippen molar-refractivity contribution >= 4 is 40.7 Å². The highest BCUT2D eigenvalue weighted by Crippen LogP contribution is 2.31. The summed E-state index contributed by atoms with van der Waals surface area (Å²) in [6.07, 6.45) is 0. The smallest absolute Gasteiger partial charge is 0.260 e. The molecule has 0 aromatic heterocycles. The summed E-state index contributed by atoms with van der Waals surface area (Å²) in [5.74, 6) is 0.612.